The summed E-state index contributed by atoms with van der Waals surface area (Å²) < 4.78 is 1.00. The summed E-state index contributed by atoms with van der Waals surface area (Å²) in [5, 5.41) is 18.3. The van der Waals surface area contributed by atoms with Crippen LogP contribution in [-0.4, -0.2) is 19.9 Å². The second-order valence-electron chi connectivity index (χ2n) is 6.63. The summed E-state index contributed by atoms with van der Waals surface area (Å²) in [6.45, 7) is 4.43. The highest BCUT2D eigenvalue weighted by atomic mass is 32.1. The fraction of sp³-hybridized carbons (Fsp3) is 0.150. The molecule has 0 spiro atoms. The lowest BCUT2D eigenvalue weighted by Crippen LogP contribution is -2.08. The summed E-state index contributed by atoms with van der Waals surface area (Å²) in [4.78, 5) is 23.9. The minimum Gasteiger partial charge on any atom is -0.360 e. The summed E-state index contributed by atoms with van der Waals surface area (Å²) in [5.41, 5.74) is 3.90. The van der Waals surface area contributed by atoms with Gasteiger partial charge in [-0.25, -0.2) is 15.0 Å². The molecule has 0 aliphatic rings. The van der Waals surface area contributed by atoms with Crippen molar-refractivity contribution >= 4 is 44.0 Å². The third kappa shape index (κ3) is 4.14. The predicted octanol–water partition coefficient (Wildman–Crippen LogP) is 4.97. The molecule has 9 heteroatoms. The van der Waals surface area contributed by atoms with E-state index in [0.717, 1.165) is 26.9 Å². The van der Waals surface area contributed by atoms with E-state index in [-0.39, 0.29) is 17.3 Å². The Bertz CT molecular complexity index is 1190. The first kappa shape index (κ1) is 18.8. The number of thiazole rings is 1. The Morgan fingerprint density at radius 1 is 1.03 bits per heavy atom. The molecular formula is C20H18N6O2S. The minimum atomic E-state index is -0.489. The molecule has 0 bridgehead atoms. The van der Waals surface area contributed by atoms with Crippen LogP contribution in [0.5, 0.6) is 0 Å². The van der Waals surface area contributed by atoms with Gasteiger partial charge in [0.15, 0.2) is 5.13 Å². The third-order valence-electron chi connectivity index (χ3n) is 4.35. The summed E-state index contributed by atoms with van der Waals surface area (Å²) in [6, 6.07) is 13.9. The van der Waals surface area contributed by atoms with Crippen molar-refractivity contribution in [2.45, 2.75) is 20.4 Å². The van der Waals surface area contributed by atoms with Crippen LogP contribution < -0.4 is 10.6 Å². The zero-order valence-corrected chi connectivity index (χ0v) is 16.7. The van der Waals surface area contributed by atoms with Crippen LogP contribution in [0.25, 0.3) is 10.2 Å². The summed E-state index contributed by atoms with van der Waals surface area (Å²) in [7, 11) is 0. The Morgan fingerprint density at radius 3 is 2.52 bits per heavy atom. The van der Waals surface area contributed by atoms with E-state index in [2.05, 4.69) is 25.6 Å². The Balaban J connectivity index is 1.61. The van der Waals surface area contributed by atoms with Crippen molar-refractivity contribution in [1.82, 2.24) is 15.0 Å². The van der Waals surface area contributed by atoms with Gasteiger partial charge in [-0.15, -0.1) is 0 Å². The van der Waals surface area contributed by atoms with Crippen LogP contribution in [0.3, 0.4) is 0 Å². The Morgan fingerprint density at radius 2 is 1.76 bits per heavy atom. The normalized spacial score (nSPS) is 10.8. The molecule has 0 amide bonds. The lowest BCUT2D eigenvalue weighted by Gasteiger charge is -2.09. The number of nitrogens with zero attached hydrogens (tertiary/aromatic N) is 4. The Kier molecular flexibility index (Phi) is 5.05. The van der Waals surface area contributed by atoms with Gasteiger partial charge < -0.3 is 10.6 Å². The van der Waals surface area contributed by atoms with Crippen LogP contribution >= 0.6 is 11.3 Å². The molecule has 4 aromatic rings. The monoisotopic (exact) mass is 406 g/mol. The van der Waals surface area contributed by atoms with Crippen LogP contribution in [0.4, 0.5) is 22.5 Å². The van der Waals surface area contributed by atoms with Crippen molar-refractivity contribution in [3.8, 4) is 0 Å². The fourth-order valence-corrected chi connectivity index (χ4v) is 3.81. The third-order valence-corrected chi connectivity index (χ3v) is 5.29. The highest BCUT2D eigenvalue weighted by molar-refractivity contribution is 7.22. The number of hydrogen-bond acceptors (Lipinski definition) is 8. The van der Waals surface area contributed by atoms with Crippen LogP contribution in [0.2, 0.25) is 0 Å². The molecule has 8 nitrogen and oxygen atoms in total. The number of benzene rings is 2. The molecule has 4 rings (SSSR count). The molecule has 0 saturated carbocycles. The topological polar surface area (TPSA) is 106 Å². The lowest BCUT2D eigenvalue weighted by atomic mass is 10.1. The predicted molar refractivity (Wildman–Crippen MR) is 115 cm³/mol. The zero-order chi connectivity index (χ0) is 20.4. The molecule has 0 saturated heterocycles. The number of nitro groups is 1. The molecule has 0 atom stereocenters. The van der Waals surface area contributed by atoms with Gasteiger partial charge in [-0.2, -0.15) is 0 Å². The second-order valence-corrected chi connectivity index (χ2v) is 7.66. The lowest BCUT2D eigenvalue weighted by molar-refractivity contribution is -0.383. The molecule has 2 aromatic heterocycles. The fourth-order valence-electron chi connectivity index (χ4n) is 2.85. The van der Waals surface area contributed by atoms with Gasteiger partial charge in [0.25, 0.3) is 0 Å². The average molecular weight is 406 g/mol. The standard InChI is InChI=1S/C20H18N6O2S/c1-12-3-6-14(7-4-12)10-21-18-17(26(27)28)19(23-11-22-18)25-20-24-15-8-5-13(2)9-16(15)29-20/h3-9,11H,10H2,1-2H3,(H2,21,22,23,24,25). The second kappa shape index (κ2) is 7.80. The van der Waals surface area contributed by atoms with Gasteiger partial charge in [0.1, 0.15) is 6.33 Å². The van der Waals surface area contributed by atoms with Gasteiger partial charge in [-0.3, -0.25) is 10.1 Å². The van der Waals surface area contributed by atoms with Crippen molar-refractivity contribution in [3.05, 3.63) is 75.6 Å². The van der Waals surface area contributed by atoms with E-state index in [4.69, 9.17) is 0 Å². The quantitative estimate of drug-likeness (QED) is 0.344. The maximum Gasteiger partial charge on any atom is 0.353 e. The molecule has 2 N–H and O–H groups in total. The van der Waals surface area contributed by atoms with E-state index in [1.807, 2.05) is 56.3 Å². The van der Waals surface area contributed by atoms with Crippen LogP contribution in [-0.2, 0) is 6.54 Å². The van der Waals surface area contributed by atoms with Gasteiger partial charge >= 0.3 is 5.69 Å². The molecule has 2 aromatic carbocycles. The van der Waals surface area contributed by atoms with Gasteiger partial charge in [-0.1, -0.05) is 47.2 Å². The summed E-state index contributed by atoms with van der Waals surface area (Å²) >= 11 is 1.42. The smallest absolute Gasteiger partial charge is 0.353 e. The minimum absolute atomic E-state index is 0.104. The van der Waals surface area contributed by atoms with Gasteiger partial charge in [0.05, 0.1) is 15.1 Å². The highest BCUT2D eigenvalue weighted by Gasteiger charge is 2.23. The van der Waals surface area contributed by atoms with E-state index in [1.54, 1.807) is 0 Å². The molecular weight excluding hydrogens is 388 g/mol. The molecule has 0 aliphatic carbocycles. The number of fused-ring (bicyclic) bond motifs is 1. The number of anilines is 3. The van der Waals surface area contributed by atoms with Crippen LogP contribution in [0.1, 0.15) is 16.7 Å². The Hall–Kier alpha value is -3.59. The molecule has 0 unspecified atom stereocenters. The summed E-state index contributed by atoms with van der Waals surface area (Å²) in [6.07, 6.45) is 1.30. The van der Waals surface area contributed by atoms with Crippen LogP contribution in [0.15, 0.2) is 48.8 Å². The van der Waals surface area contributed by atoms with Crippen molar-refractivity contribution in [3.63, 3.8) is 0 Å². The van der Waals surface area contributed by atoms with Crippen LogP contribution in [0, 0.1) is 24.0 Å². The number of aryl methyl sites for hydroxylation is 2. The van der Waals surface area contributed by atoms with E-state index in [0.29, 0.717) is 11.7 Å². The SMILES string of the molecule is Cc1ccc(CNc2ncnc(Nc3nc4ccc(C)cc4s3)c2[N+](=O)[O-])cc1. The first-order valence-corrected chi connectivity index (χ1v) is 9.74. The molecule has 146 valence electrons. The number of aromatic nitrogens is 3. The van der Waals surface area contributed by atoms with E-state index >= 15 is 0 Å². The largest absolute Gasteiger partial charge is 0.360 e. The average Bonchev–Trinajstić information content (AvgIpc) is 3.08. The number of hydrogen-bond donors (Lipinski definition) is 2. The van der Waals surface area contributed by atoms with Crippen molar-refractivity contribution < 1.29 is 4.92 Å². The maximum absolute atomic E-state index is 11.7. The number of nitrogens with one attached hydrogen (secondary N) is 2. The molecule has 2 heterocycles. The van der Waals surface area contributed by atoms with Crippen molar-refractivity contribution in [2.24, 2.45) is 0 Å². The van der Waals surface area contributed by atoms with Crippen molar-refractivity contribution in [1.29, 1.82) is 0 Å². The summed E-state index contributed by atoms with van der Waals surface area (Å²) in [5.74, 6) is 0.261. The molecule has 29 heavy (non-hydrogen) atoms. The first-order valence-electron chi connectivity index (χ1n) is 8.92. The van der Waals surface area contributed by atoms with E-state index < -0.39 is 4.92 Å². The first-order chi connectivity index (χ1) is 14.0. The van der Waals surface area contributed by atoms with Crippen molar-refractivity contribution in [2.75, 3.05) is 10.6 Å². The number of rotatable bonds is 6. The maximum atomic E-state index is 11.7. The Labute approximate surface area is 170 Å². The highest BCUT2D eigenvalue weighted by Crippen LogP contribution is 2.34. The van der Waals surface area contributed by atoms with Gasteiger partial charge in [-0.05, 0) is 37.1 Å². The molecule has 0 aliphatic heterocycles. The van der Waals surface area contributed by atoms with Gasteiger partial charge in [0.2, 0.25) is 11.6 Å². The molecule has 0 radical (unpaired) electrons. The van der Waals surface area contributed by atoms with E-state index in [9.17, 15) is 10.1 Å². The van der Waals surface area contributed by atoms with E-state index in [1.165, 1.54) is 17.7 Å². The zero-order valence-electron chi connectivity index (χ0n) is 15.8. The van der Waals surface area contributed by atoms with Gasteiger partial charge in [0, 0.05) is 6.54 Å². The molecule has 0 fully saturated rings.